The standard InChI is InChI=1S/C15H17NO2/c17-14-7-3-6-11(8-14)15(18)16-9-12-4-1-2-5-13(12)10-16/h1-3,6-8,12-13,17H,4-5,9-10H2. The van der Waals surface area contributed by atoms with Crippen LogP contribution < -0.4 is 0 Å². The van der Waals surface area contributed by atoms with Gasteiger partial charge in [-0.3, -0.25) is 4.79 Å². The first-order valence-corrected chi connectivity index (χ1v) is 6.47. The highest BCUT2D eigenvalue weighted by Gasteiger charge is 2.35. The maximum Gasteiger partial charge on any atom is 0.254 e. The lowest BCUT2D eigenvalue weighted by molar-refractivity contribution is 0.0784. The van der Waals surface area contributed by atoms with Crippen molar-refractivity contribution >= 4 is 5.91 Å². The number of allylic oxidation sites excluding steroid dienone is 2. The summed E-state index contributed by atoms with van der Waals surface area (Å²) in [6, 6.07) is 6.61. The summed E-state index contributed by atoms with van der Waals surface area (Å²) in [7, 11) is 0. The van der Waals surface area contributed by atoms with Crippen LogP contribution in [0.25, 0.3) is 0 Å². The molecule has 1 aliphatic carbocycles. The molecule has 1 amide bonds. The summed E-state index contributed by atoms with van der Waals surface area (Å²) in [5.41, 5.74) is 0.585. The molecule has 0 aromatic heterocycles. The van der Waals surface area contributed by atoms with Crippen LogP contribution in [0.5, 0.6) is 5.75 Å². The van der Waals surface area contributed by atoms with E-state index in [4.69, 9.17) is 0 Å². The normalized spacial score (nSPS) is 26.1. The van der Waals surface area contributed by atoms with Crippen molar-refractivity contribution in [2.45, 2.75) is 12.8 Å². The molecule has 2 unspecified atom stereocenters. The number of carbonyl (C=O) groups excluding carboxylic acids is 1. The van der Waals surface area contributed by atoms with Gasteiger partial charge in [0.2, 0.25) is 0 Å². The van der Waals surface area contributed by atoms with Crippen molar-refractivity contribution < 1.29 is 9.90 Å². The molecule has 3 nitrogen and oxygen atoms in total. The van der Waals surface area contributed by atoms with Crippen molar-refractivity contribution in [3.05, 3.63) is 42.0 Å². The fourth-order valence-corrected chi connectivity index (χ4v) is 3.00. The molecular formula is C15H17NO2. The van der Waals surface area contributed by atoms with E-state index in [1.165, 1.54) is 0 Å². The number of nitrogens with zero attached hydrogens (tertiary/aromatic N) is 1. The number of amides is 1. The molecule has 1 N–H and O–H groups in total. The Hall–Kier alpha value is -1.77. The van der Waals surface area contributed by atoms with Gasteiger partial charge in [-0.15, -0.1) is 0 Å². The van der Waals surface area contributed by atoms with Crippen LogP contribution in [-0.4, -0.2) is 29.0 Å². The third-order valence-electron chi connectivity index (χ3n) is 4.00. The smallest absolute Gasteiger partial charge is 0.254 e. The van der Waals surface area contributed by atoms with Crippen molar-refractivity contribution in [3.63, 3.8) is 0 Å². The number of likely N-dealkylation sites (tertiary alicyclic amines) is 1. The number of fused-ring (bicyclic) bond motifs is 1. The Morgan fingerprint density at radius 1 is 1.17 bits per heavy atom. The van der Waals surface area contributed by atoms with Gasteiger partial charge in [0.15, 0.2) is 0 Å². The van der Waals surface area contributed by atoms with Crippen LogP contribution in [0.1, 0.15) is 23.2 Å². The van der Waals surface area contributed by atoms with Crippen molar-refractivity contribution in [1.29, 1.82) is 0 Å². The average Bonchev–Trinajstić information content (AvgIpc) is 2.81. The first-order chi connectivity index (χ1) is 8.74. The van der Waals surface area contributed by atoms with Crippen LogP contribution in [0.15, 0.2) is 36.4 Å². The molecule has 1 aromatic rings. The lowest BCUT2D eigenvalue weighted by Crippen LogP contribution is -2.28. The second kappa shape index (κ2) is 4.48. The molecule has 18 heavy (non-hydrogen) atoms. The predicted octanol–water partition coefficient (Wildman–Crippen LogP) is 2.43. The van der Waals surface area contributed by atoms with E-state index in [-0.39, 0.29) is 11.7 Å². The molecule has 0 radical (unpaired) electrons. The van der Waals surface area contributed by atoms with Gasteiger partial charge in [0.25, 0.3) is 5.91 Å². The van der Waals surface area contributed by atoms with E-state index in [0.717, 1.165) is 25.9 Å². The van der Waals surface area contributed by atoms with E-state index in [1.807, 2.05) is 4.90 Å². The van der Waals surface area contributed by atoms with Gasteiger partial charge in [0.05, 0.1) is 0 Å². The number of phenolic OH excluding ortho intramolecular Hbond substituents is 1. The van der Waals surface area contributed by atoms with Crippen molar-refractivity contribution in [2.75, 3.05) is 13.1 Å². The van der Waals surface area contributed by atoms with Gasteiger partial charge in [-0.05, 0) is 42.9 Å². The molecule has 94 valence electrons. The van der Waals surface area contributed by atoms with E-state index in [9.17, 15) is 9.90 Å². The molecule has 3 rings (SSSR count). The first-order valence-electron chi connectivity index (χ1n) is 6.47. The topological polar surface area (TPSA) is 40.5 Å². The van der Waals surface area contributed by atoms with Crippen LogP contribution in [0.4, 0.5) is 0 Å². The Balaban J connectivity index is 1.75. The summed E-state index contributed by atoms with van der Waals surface area (Å²) in [6.07, 6.45) is 6.63. The second-order valence-electron chi connectivity index (χ2n) is 5.22. The van der Waals surface area contributed by atoms with Gasteiger partial charge in [0, 0.05) is 18.7 Å². The van der Waals surface area contributed by atoms with Crippen molar-refractivity contribution in [1.82, 2.24) is 4.90 Å². The number of rotatable bonds is 1. The highest BCUT2D eigenvalue weighted by molar-refractivity contribution is 5.94. The zero-order chi connectivity index (χ0) is 12.5. The van der Waals surface area contributed by atoms with Crippen LogP contribution >= 0.6 is 0 Å². The Bertz CT molecular complexity index is 479. The monoisotopic (exact) mass is 243 g/mol. The minimum atomic E-state index is 0.0419. The summed E-state index contributed by atoms with van der Waals surface area (Å²) in [5, 5.41) is 9.43. The van der Waals surface area contributed by atoms with Gasteiger partial charge in [-0.1, -0.05) is 18.2 Å². The summed E-state index contributed by atoms with van der Waals surface area (Å²) in [6.45, 7) is 1.70. The number of phenols is 1. The lowest BCUT2D eigenvalue weighted by Gasteiger charge is -2.17. The molecule has 1 heterocycles. The number of aromatic hydroxyl groups is 1. The summed E-state index contributed by atoms with van der Waals surface area (Å²) in [4.78, 5) is 14.3. The van der Waals surface area contributed by atoms with Gasteiger partial charge < -0.3 is 10.0 Å². The van der Waals surface area contributed by atoms with Crippen LogP contribution in [0.3, 0.4) is 0 Å². The molecule has 3 heteroatoms. The fourth-order valence-electron chi connectivity index (χ4n) is 3.00. The average molecular weight is 243 g/mol. The molecule has 1 aliphatic heterocycles. The van der Waals surface area contributed by atoms with E-state index in [2.05, 4.69) is 12.2 Å². The van der Waals surface area contributed by atoms with Crippen molar-refractivity contribution in [2.24, 2.45) is 11.8 Å². The zero-order valence-corrected chi connectivity index (χ0v) is 10.2. The minimum Gasteiger partial charge on any atom is -0.508 e. The fraction of sp³-hybridized carbons (Fsp3) is 0.400. The van der Waals surface area contributed by atoms with Gasteiger partial charge in [-0.2, -0.15) is 0 Å². The third kappa shape index (κ3) is 2.01. The van der Waals surface area contributed by atoms with Crippen molar-refractivity contribution in [3.8, 4) is 5.75 Å². The Morgan fingerprint density at radius 2 is 1.83 bits per heavy atom. The number of carbonyl (C=O) groups is 1. The molecule has 1 fully saturated rings. The van der Waals surface area contributed by atoms with E-state index in [0.29, 0.717) is 17.4 Å². The number of benzene rings is 1. The first kappa shape index (κ1) is 11.3. The molecule has 1 aromatic carbocycles. The Labute approximate surface area is 107 Å². The molecule has 2 aliphatic rings. The van der Waals surface area contributed by atoms with Gasteiger partial charge in [-0.25, -0.2) is 0 Å². The predicted molar refractivity (Wildman–Crippen MR) is 69.4 cm³/mol. The van der Waals surface area contributed by atoms with E-state index < -0.39 is 0 Å². The highest BCUT2D eigenvalue weighted by atomic mass is 16.3. The number of hydrogen-bond acceptors (Lipinski definition) is 2. The highest BCUT2D eigenvalue weighted by Crippen LogP contribution is 2.33. The molecule has 0 bridgehead atoms. The Morgan fingerprint density at radius 3 is 2.44 bits per heavy atom. The molecule has 0 spiro atoms. The summed E-state index contributed by atoms with van der Waals surface area (Å²) >= 11 is 0. The summed E-state index contributed by atoms with van der Waals surface area (Å²) in [5.74, 6) is 1.44. The van der Waals surface area contributed by atoms with E-state index >= 15 is 0 Å². The van der Waals surface area contributed by atoms with Crippen LogP contribution in [0, 0.1) is 11.8 Å². The zero-order valence-electron chi connectivity index (χ0n) is 10.2. The SMILES string of the molecule is O=C(c1cccc(O)c1)N1CC2CC=CCC2C1. The molecule has 1 saturated heterocycles. The quantitative estimate of drug-likeness (QED) is 0.770. The van der Waals surface area contributed by atoms with Gasteiger partial charge in [0.1, 0.15) is 5.75 Å². The Kier molecular flexibility index (Phi) is 2.82. The third-order valence-corrected chi connectivity index (χ3v) is 4.00. The van der Waals surface area contributed by atoms with Gasteiger partial charge >= 0.3 is 0 Å². The minimum absolute atomic E-state index is 0.0419. The molecule has 2 atom stereocenters. The van der Waals surface area contributed by atoms with E-state index in [1.54, 1.807) is 24.3 Å². The lowest BCUT2D eigenvalue weighted by atomic mass is 9.86. The molecule has 0 saturated carbocycles. The maximum atomic E-state index is 12.3. The largest absolute Gasteiger partial charge is 0.508 e. The van der Waals surface area contributed by atoms with Crippen LogP contribution in [-0.2, 0) is 0 Å². The van der Waals surface area contributed by atoms with Crippen LogP contribution in [0.2, 0.25) is 0 Å². The summed E-state index contributed by atoms with van der Waals surface area (Å²) < 4.78 is 0. The number of hydrogen-bond donors (Lipinski definition) is 1. The molecular weight excluding hydrogens is 226 g/mol. The maximum absolute atomic E-state index is 12.3. The second-order valence-corrected chi connectivity index (χ2v) is 5.22.